The molecule has 0 radical (unpaired) electrons. The average molecular weight is 179 g/mol. The summed E-state index contributed by atoms with van der Waals surface area (Å²) < 4.78 is 0. The van der Waals surface area contributed by atoms with Crippen LogP contribution >= 0.6 is 0 Å². The molecule has 0 aliphatic carbocycles. The third-order valence-electron chi connectivity index (χ3n) is 1.70. The molecule has 1 aromatic rings. The van der Waals surface area contributed by atoms with Crippen molar-refractivity contribution in [2.24, 2.45) is 4.99 Å². The minimum Gasteiger partial charge on any atom is -0.369 e. The lowest BCUT2D eigenvalue weighted by Gasteiger charge is -2.15. The van der Waals surface area contributed by atoms with Crippen LogP contribution in [0.4, 0.5) is 17.5 Å². The first-order valence-corrected chi connectivity index (χ1v) is 3.87. The van der Waals surface area contributed by atoms with Crippen molar-refractivity contribution in [3.05, 3.63) is 10.4 Å². The number of nitrogens with zero attached hydrogens (tertiary/aromatic N) is 2. The lowest BCUT2D eigenvalue weighted by Crippen LogP contribution is -2.24. The number of fused-ring (bicyclic) bond motifs is 1. The zero-order chi connectivity index (χ0) is 9.42. The van der Waals surface area contributed by atoms with Crippen LogP contribution in [-0.2, 0) is 0 Å². The van der Waals surface area contributed by atoms with Gasteiger partial charge in [0.1, 0.15) is 0 Å². The van der Waals surface area contributed by atoms with Gasteiger partial charge in [-0.05, 0) is 6.92 Å². The Bertz CT molecular complexity index is 421. The summed E-state index contributed by atoms with van der Waals surface area (Å²) in [5.41, 5.74) is 5.33. The van der Waals surface area contributed by atoms with Crippen LogP contribution in [0.5, 0.6) is 0 Å². The Morgan fingerprint density at radius 2 is 2.38 bits per heavy atom. The summed E-state index contributed by atoms with van der Waals surface area (Å²) in [6.45, 7) is 1.91. The normalized spacial score (nSPS) is 19.3. The van der Waals surface area contributed by atoms with E-state index < -0.39 is 0 Å². The Morgan fingerprint density at radius 1 is 1.62 bits per heavy atom. The van der Waals surface area contributed by atoms with Crippen molar-refractivity contribution in [1.29, 1.82) is 0 Å². The van der Waals surface area contributed by atoms with E-state index in [-0.39, 0.29) is 23.2 Å². The summed E-state index contributed by atoms with van der Waals surface area (Å²) in [6.07, 6.45) is 1.65. The predicted molar refractivity (Wildman–Crippen MR) is 50.5 cm³/mol. The molecule has 1 unspecified atom stereocenters. The number of hydrogen-bond acceptors (Lipinski definition) is 5. The van der Waals surface area contributed by atoms with Crippen molar-refractivity contribution in [3.8, 4) is 0 Å². The molecule has 2 rings (SSSR count). The van der Waals surface area contributed by atoms with Gasteiger partial charge in [0.2, 0.25) is 5.95 Å². The number of anilines is 2. The van der Waals surface area contributed by atoms with Gasteiger partial charge in [-0.1, -0.05) is 0 Å². The van der Waals surface area contributed by atoms with Gasteiger partial charge in [0.15, 0.2) is 11.5 Å². The van der Waals surface area contributed by atoms with E-state index in [9.17, 15) is 4.79 Å². The molecule has 0 spiro atoms. The molecule has 4 N–H and O–H groups in total. The van der Waals surface area contributed by atoms with Crippen molar-refractivity contribution in [2.75, 3.05) is 11.1 Å². The number of hydrogen-bond donors (Lipinski definition) is 3. The Morgan fingerprint density at radius 3 is 3.15 bits per heavy atom. The second-order valence-electron chi connectivity index (χ2n) is 2.86. The molecule has 1 aliphatic heterocycles. The first-order valence-electron chi connectivity index (χ1n) is 3.87. The zero-order valence-electron chi connectivity index (χ0n) is 7.03. The monoisotopic (exact) mass is 179 g/mol. The van der Waals surface area contributed by atoms with Gasteiger partial charge >= 0.3 is 0 Å². The molecule has 6 heteroatoms. The van der Waals surface area contributed by atoms with Gasteiger partial charge in [-0.25, -0.2) is 4.99 Å². The summed E-state index contributed by atoms with van der Waals surface area (Å²) in [6, 6.07) is 0.0706. The summed E-state index contributed by atoms with van der Waals surface area (Å²) in [7, 11) is 0. The number of aliphatic imine (C=N–C) groups is 1. The lowest BCUT2D eigenvalue weighted by atomic mass is 10.3. The highest BCUT2D eigenvalue weighted by Gasteiger charge is 2.14. The third-order valence-corrected chi connectivity index (χ3v) is 1.70. The highest BCUT2D eigenvalue weighted by Crippen LogP contribution is 2.21. The molecular formula is C7H9N5O. The van der Waals surface area contributed by atoms with Crippen molar-refractivity contribution >= 4 is 23.7 Å². The molecule has 0 saturated heterocycles. The Balaban J connectivity index is 2.63. The molecule has 68 valence electrons. The van der Waals surface area contributed by atoms with Gasteiger partial charge < -0.3 is 11.1 Å². The second kappa shape index (κ2) is 2.58. The summed E-state index contributed by atoms with van der Waals surface area (Å²) in [5.74, 6) is 0.539. The number of nitrogens with one attached hydrogen (secondary N) is 2. The van der Waals surface area contributed by atoms with Gasteiger partial charge in [0, 0.05) is 6.21 Å². The highest BCUT2D eigenvalue weighted by molar-refractivity contribution is 5.80. The maximum Gasteiger partial charge on any atom is 0.280 e. The Kier molecular flexibility index (Phi) is 1.54. The Hall–Kier alpha value is -1.85. The average Bonchev–Trinajstić information content (AvgIpc) is 2.02. The quantitative estimate of drug-likeness (QED) is 0.516. The van der Waals surface area contributed by atoms with Crippen LogP contribution in [0.15, 0.2) is 9.79 Å². The standard InChI is InChI=1S/C7H9N5O/c1-3-2-9-4-5(10-3)11-7(8)12-6(4)13/h2-3H,1H3,(H4,8,10,11,12,13). The third kappa shape index (κ3) is 1.26. The van der Waals surface area contributed by atoms with Crippen molar-refractivity contribution in [2.45, 2.75) is 13.0 Å². The van der Waals surface area contributed by atoms with Gasteiger partial charge in [0.05, 0.1) is 6.04 Å². The van der Waals surface area contributed by atoms with E-state index in [0.717, 1.165) is 0 Å². The highest BCUT2D eigenvalue weighted by atomic mass is 16.1. The molecule has 0 amide bonds. The van der Waals surface area contributed by atoms with E-state index in [4.69, 9.17) is 5.73 Å². The van der Waals surface area contributed by atoms with Gasteiger partial charge in [-0.15, -0.1) is 0 Å². The van der Waals surface area contributed by atoms with E-state index in [1.54, 1.807) is 6.21 Å². The van der Waals surface area contributed by atoms with E-state index >= 15 is 0 Å². The fourth-order valence-corrected chi connectivity index (χ4v) is 1.14. The zero-order valence-corrected chi connectivity index (χ0v) is 7.03. The first-order chi connectivity index (χ1) is 6.16. The number of aromatic amines is 1. The van der Waals surface area contributed by atoms with Crippen molar-refractivity contribution < 1.29 is 0 Å². The number of nitrogens with two attached hydrogens (primary N) is 1. The van der Waals surface area contributed by atoms with Gasteiger partial charge in [-0.2, -0.15) is 4.98 Å². The van der Waals surface area contributed by atoms with E-state index in [0.29, 0.717) is 5.82 Å². The molecule has 1 aromatic heterocycles. The fourth-order valence-electron chi connectivity index (χ4n) is 1.14. The topological polar surface area (TPSA) is 96.2 Å². The molecule has 2 heterocycles. The molecule has 0 saturated carbocycles. The SMILES string of the molecule is CC1C=Nc2c(nc(N)[nH]c2=O)N1. The van der Waals surface area contributed by atoms with E-state index in [2.05, 4.69) is 20.3 Å². The number of H-pyrrole nitrogens is 1. The van der Waals surface area contributed by atoms with Crippen LogP contribution in [0.3, 0.4) is 0 Å². The minimum absolute atomic E-state index is 0.0706. The van der Waals surface area contributed by atoms with E-state index in [1.807, 2.05) is 6.92 Å². The second-order valence-corrected chi connectivity index (χ2v) is 2.86. The Labute approximate surface area is 73.9 Å². The first kappa shape index (κ1) is 7.78. The van der Waals surface area contributed by atoms with Crippen LogP contribution in [0, 0.1) is 0 Å². The molecule has 0 bridgehead atoms. The summed E-state index contributed by atoms with van der Waals surface area (Å²) >= 11 is 0. The van der Waals surface area contributed by atoms with Crippen LogP contribution in [0.25, 0.3) is 0 Å². The summed E-state index contributed by atoms with van der Waals surface area (Å²) in [5, 5.41) is 2.98. The fraction of sp³-hybridized carbons (Fsp3) is 0.286. The molecule has 0 aromatic carbocycles. The molecule has 1 atom stereocenters. The lowest BCUT2D eigenvalue weighted by molar-refractivity contribution is 1.00. The molecular weight excluding hydrogens is 170 g/mol. The maximum absolute atomic E-state index is 11.3. The van der Waals surface area contributed by atoms with Crippen LogP contribution in [-0.4, -0.2) is 22.2 Å². The van der Waals surface area contributed by atoms with Crippen molar-refractivity contribution in [1.82, 2.24) is 9.97 Å². The molecule has 0 fully saturated rings. The van der Waals surface area contributed by atoms with Gasteiger partial charge in [-0.3, -0.25) is 9.78 Å². The van der Waals surface area contributed by atoms with Gasteiger partial charge in [0.25, 0.3) is 5.56 Å². The smallest absolute Gasteiger partial charge is 0.280 e. The maximum atomic E-state index is 11.3. The van der Waals surface area contributed by atoms with Crippen LogP contribution < -0.4 is 16.6 Å². The minimum atomic E-state index is -0.321. The molecule has 13 heavy (non-hydrogen) atoms. The predicted octanol–water partition coefficient (Wildman–Crippen LogP) is -0.132. The van der Waals surface area contributed by atoms with Crippen molar-refractivity contribution in [3.63, 3.8) is 0 Å². The van der Waals surface area contributed by atoms with Crippen LogP contribution in [0.1, 0.15) is 6.92 Å². The summed E-state index contributed by atoms with van der Waals surface area (Å²) in [4.78, 5) is 21.5. The van der Waals surface area contributed by atoms with Crippen LogP contribution in [0.2, 0.25) is 0 Å². The largest absolute Gasteiger partial charge is 0.369 e. The number of aromatic nitrogens is 2. The molecule has 6 nitrogen and oxygen atoms in total. The number of rotatable bonds is 0. The molecule has 1 aliphatic rings. The van der Waals surface area contributed by atoms with E-state index in [1.165, 1.54) is 0 Å². The number of nitrogen functional groups attached to an aromatic ring is 1.